The van der Waals surface area contributed by atoms with Crippen LogP contribution < -0.4 is 11.1 Å². The van der Waals surface area contributed by atoms with Gasteiger partial charge in [0.15, 0.2) is 0 Å². The lowest BCUT2D eigenvalue weighted by atomic mass is 9.95. The average molecular weight is 313 g/mol. The lowest BCUT2D eigenvalue weighted by molar-refractivity contribution is -0.122. The van der Waals surface area contributed by atoms with E-state index in [0.29, 0.717) is 12.5 Å². The summed E-state index contributed by atoms with van der Waals surface area (Å²) in [6.45, 7) is 2.60. The standard InChI is InChI=1S/C15H20N2OS.ClH/c1-15(9-16,11-6-7-11)17-14(18)13-8-10-4-2-3-5-12(10)19-13;/h2-5,11,13H,6-9,16H2,1H3,(H,17,18);1H. The van der Waals surface area contributed by atoms with Crippen LogP contribution in [0.1, 0.15) is 25.3 Å². The molecule has 2 aliphatic rings. The molecule has 1 saturated carbocycles. The summed E-state index contributed by atoms with van der Waals surface area (Å²) in [6, 6.07) is 8.27. The van der Waals surface area contributed by atoms with Crippen molar-refractivity contribution in [2.24, 2.45) is 11.7 Å². The Hall–Kier alpha value is -0.710. The Labute approximate surface area is 130 Å². The Morgan fingerprint density at radius 2 is 2.15 bits per heavy atom. The van der Waals surface area contributed by atoms with E-state index in [1.165, 1.54) is 23.3 Å². The van der Waals surface area contributed by atoms with Gasteiger partial charge in [-0.3, -0.25) is 4.79 Å². The Bertz CT molecular complexity index is 481. The fourth-order valence-corrected chi connectivity index (χ4v) is 3.93. The zero-order chi connectivity index (χ0) is 13.5. The molecule has 2 atom stereocenters. The van der Waals surface area contributed by atoms with E-state index in [1.54, 1.807) is 11.8 Å². The average Bonchev–Trinajstić information content (AvgIpc) is 3.18. The highest BCUT2D eigenvalue weighted by molar-refractivity contribution is 8.01. The number of fused-ring (bicyclic) bond motifs is 1. The number of hydrogen-bond acceptors (Lipinski definition) is 3. The highest BCUT2D eigenvalue weighted by Gasteiger charge is 2.43. The van der Waals surface area contributed by atoms with E-state index in [4.69, 9.17) is 5.73 Å². The van der Waals surface area contributed by atoms with Crippen LogP contribution in [0.3, 0.4) is 0 Å². The lowest BCUT2D eigenvalue weighted by Gasteiger charge is -2.30. The maximum atomic E-state index is 12.4. The number of thioether (sulfide) groups is 1. The van der Waals surface area contributed by atoms with Crippen molar-refractivity contribution in [3.8, 4) is 0 Å². The molecule has 1 aromatic carbocycles. The van der Waals surface area contributed by atoms with Gasteiger partial charge in [-0.25, -0.2) is 0 Å². The Morgan fingerprint density at radius 3 is 2.75 bits per heavy atom. The summed E-state index contributed by atoms with van der Waals surface area (Å²) in [5, 5.41) is 3.20. The fourth-order valence-electron chi connectivity index (χ4n) is 2.73. The van der Waals surface area contributed by atoms with E-state index in [0.717, 1.165) is 6.42 Å². The summed E-state index contributed by atoms with van der Waals surface area (Å²) in [4.78, 5) is 13.7. The quantitative estimate of drug-likeness (QED) is 0.897. The smallest absolute Gasteiger partial charge is 0.234 e. The summed E-state index contributed by atoms with van der Waals surface area (Å²) in [5.41, 5.74) is 6.93. The van der Waals surface area contributed by atoms with E-state index >= 15 is 0 Å². The van der Waals surface area contributed by atoms with Gasteiger partial charge in [0.05, 0.1) is 10.8 Å². The number of nitrogens with two attached hydrogens (primary N) is 1. The molecule has 3 rings (SSSR count). The van der Waals surface area contributed by atoms with Crippen LogP contribution in [0.4, 0.5) is 0 Å². The molecule has 0 radical (unpaired) electrons. The van der Waals surface area contributed by atoms with Gasteiger partial charge in [-0.2, -0.15) is 0 Å². The molecule has 1 fully saturated rings. The Kier molecular flexibility index (Phi) is 4.67. The fraction of sp³-hybridized carbons (Fsp3) is 0.533. The number of hydrogen-bond donors (Lipinski definition) is 2. The number of amides is 1. The van der Waals surface area contributed by atoms with Crippen LogP contribution in [-0.2, 0) is 11.2 Å². The first-order valence-electron chi connectivity index (χ1n) is 6.89. The van der Waals surface area contributed by atoms with Crippen molar-refractivity contribution < 1.29 is 4.79 Å². The third-order valence-electron chi connectivity index (χ3n) is 4.25. The van der Waals surface area contributed by atoms with Gasteiger partial charge in [-0.1, -0.05) is 18.2 Å². The molecular formula is C15H21ClN2OS. The zero-order valence-electron chi connectivity index (χ0n) is 11.6. The summed E-state index contributed by atoms with van der Waals surface area (Å²) in [6.07, 6.45) is 3.20. The van der Waals surface area contributed by atoms with Gasteiger partial charge in [0.2, 0.25) is 5.91 Å². The van der Waals surface area contributed by atoms with E-state index < -0.39 is 0 Å². The van der Waals surface area contributed by atoms with E-state index in [2.05, 4.69) is 24.4 Å². The van der Waals surface area contributed by atoms with Gasteiger partial charge in [-0.05, 0) is 43.7 Å². The molecule has 20 heavy (non-hydrogen) atoms. The zero-order valence-corrected chi connectivity index (χ0v) is 13.2. The largest absolute Gasteiger partial charge is 0.348 e. The number of rotatable bonds is 4. The number of benzene rings is 1. The van der Waals surface area contributed by atoms with Crippen molar-refractivity contribution in [2.45, 2.75) is 41.9 Å². The first kappa shape index (κ1) is 15.7. The molecule has 0 aromatic heterocycles. The first-order chi connectivity index (χ1) is 9.12. The van der Waals surface area contributed by atoms with Crippen LogP contribution in [0.25, 0.3) is 0 Å². The molecule has 2 unspecified atom stereocenters. The molecule has 0 spiro atoms. The van der Waals surface area contributed by atoms with Crippen LogP contribution >= 0.6 is 24.2 Å². The van der Waals surface area contributed by atoms with Gasteiger partial charge in [0.25, 0.3) is 0 Å². The normalized spacial score (nSPS) is 23.4. The molecule has 3 N–H and O–H groups in total. The van der Waals surface area contributed by atoms with Crippen LogP contribution in [0.5, 0.6) is 0 Å². The van der Waals surface area contributed by atoms with Crippen molar-refractivity contribution in [3.63, 3.8) is 0 Å². The van der Waals surface area contributed by atoms with Gasteiger partial charge >= 0.3 is 0 Å². The van der Waals surface area contributed by atoms with Gasteiger partial charge in [-0.15, -0.1) is 24.2 Å². The summed E-state index contributed by atoms with van der Waals surface area (Å²) in [7, 11) is 0. The van der Waals surface area contributed by atoms with Crippen LogP contribution in [0.15, 0.2) is 29.2 Å². The summed E-state index contributed by atoms with van der Waals surface area (Å²) in [5.74, 6) is 0.705. The predicted octanol–water partition coefficient (Wildman–Crippen LogP) is 2.37. The van der Waals surface area contributed by atoms with Crippen LogP contribution in [0, 0.1) is 5.92 Å². The van der Waals surface area contributed by atoms with Crippen molar-refractivity contribution in [2.75, 3.05) is 6.54 Å². The Morgan fingerprint density at radius 1 is 1.45 bits per heavy atom. The molecule has 0 bridgehead atoms. The van der Waals surface area contributed by atoms with Crippen molar-refractivity contribution in [1.29, 1.82) is 0 Å². The predicted molar refractivity (Wildman–Crippen MR) is 85.4 cm³/mol. The second kappa shape index (κ2) is 5.96. The molecule has 5 heteroatoms. The molecule has 3 nitrogen and oxygen atoms in total. The van der Waals surface area contributed by atoms with Gasteiger partial charge in [0.1, 0.15) is 0 Å². The highest BCUT2D eigenvalue weighted by Crippen LogP contribution is 2.40. The van der Waals surface area contributed by atoms with Crippen molar-refractivity contribution in [1.82, 2.24) is 5.32 Å². The number of carbonyl (C=O) groups is 1. The second-order valence-electron chi connectivity index (χ2n) is 5.80. The van der Waals surface area contributed by atoms with Crippen molar-refractivity contribution in [3.05, 3.63) is 29.8 Å². The highest BCUT2D eigenvalue weighted by atomic mass is 35.5. The molecule has 1 aromatic rings. The number of nitrogens with one attached hydrogen (secondary N) is 1. The number of carbonyl (C=O) groups excluding carboxylic acids is 1. The van der Waals surface area contributed by atoms with Crippen LogP contribution in [0.2, 0.25) is 0 Å². The van der Waals surface area contributed by atoms with Crippen LogP contribution in [-0.4, -0.2) is 23.2 Å². The molecule has 1 aliphatic carbocycles. The minimum atomic E-state index is -0.216. The third-order valence-corrected chi connectivity index (χ3v) is 5.57. The molecular weight excluding hydrogens is 292 g/mol. The van der Waals surface area contributed by atoms with Gasteiger partial charge in [0, 0.05) is 11.4 Å². The minimum absolute atomic E-state index is 0. The molecule has 1 heterocycles. The minimum Gasteiger partial charge on any atom is -0.348 e. The summed E-state index contributed by atoms with van der Waals surface area (Å²) >= 11 is 1.67. The third kappa shape index (κ3) is 2.97. The maximum Gasteiger partial charge on any atom is 0.234 e. The molecule has 110 valence electrons. The van der Waals surface area contributed by atoms with E-state index in [1.807, 2.05) is 12.1 Å². The van der Waals surface area contributed by atoms with E-state index in [9.17, 15) is 4.79 Å². The second-order valence-corrected chi connectivity index (χ2v) is 7.05. The van der Waals surface area contributed by atoms with Crippen molar-refractivity contribution >= 4 is 30.1 Å². The SMILES string of the molecule is CC(CN)(NC(=O)C1Cc2ccccc2S1)C1CC1.Cl. The number of halogens is 1. The lowest BCUT2D eigenvalue weighted by Crippen LogP contribution is -2.55. The van der Waals surface area contributed by atoms with E-state index in [-0.39, 0.29) is 29.1 Å². The topological polar surface area (TPSA) is 55.1 Å². The maximum absolute atomic E-state index is 12.4. The summed E-state index contributed by atoms with van der Waals surface area (Å²) < 4.78 is 0. The molecule has 0 saturated heterocycles. The Balaban J connectivity index is 0.00000147. The first-order valence-corrected chi connectivity index (χ1v) is 7.77. The molecule has 1 aliphatic heterocycles. The molecule has 1 amide bonds. The van der Waals surface area contributed by atoms with Gasteiger partial charge < -0.3 is 11.1 Å². The monoisotopic (exact) mass is 312 g/mol.